The molecular formula is C14H26N2O4. The number of aliphatic hydroxyl groups excluding tert-OH is 1. The number of hydrogen-bond donors (Lipinski definition) is 1. The molecule has 0 saturated carbocycles. The number of rotatable bonds is 5. The van der Waals surface area contributed by atoms with Crippen molar-refractivity contribution in [3.63, 3.8) is 0 Å². The van der Waals surface area contributed by atoms with E-state index < -0.39 is 5.54 Å². The average molecular weight is 286 g/mol. The topological polar surface area (TPSA) is 70.1 Å². The molecule has 1 heterocycles. The van der Waals surface area contributed by atoms with Crippen molar-refractivity contribution in [1.29, 1.82) is 0 Å². The number of piperidine rings is 1. The highest BCUT2D eigenvalue weighted by Gasteiger charge is 2.30. The van der Waals surface area contributed by atoms with Crippen LogP contribution in [0, 0.1) is 5.92 Å². The lowest BCUT2D eigenvalue weighted by molar-refractivity contribution is -0.149. The maximum Gasteiger partial charge on any atom is 0.308 e. The van der Waals surface area contributed by atoms with Gasteiger partial charge in [-0.1, -0.05) is 0 Å². The van der Waals surface area contributed by atoms with E-state index in [2.05, 4.69) is 0 Å². The van der Waals surface area contributed by atoms with E-state index in [-0.39, 0.29) is 30.9 Å². The standard InChI is InChI=1S/C14H26N2O4/c1-14(2,10-17)15(3)9-12(18)16-7-5-11(6-8-16)13(19)20-4/h11,17H,5-10H2,1-4H3. The quantitative estimate of drug-likeness (QED) is 0.726. The smallest absolute Gasteiger partial charge is 0.308 e. The van der Waals surface area contributed by atoms with Crippen LogP contribution in [-0.2, 0) is 14.3 Å². The van der Waals surface area contributed by atoms with E-state index in [0.717, 1.165) is 0 Å². The molecule has 0 bridgehead atoms. The summed E-state index contributed by atoms with van der Waals surface area (Å²) < 4.78 is 4.73. The van der Waals surface area contributed by atoms with Gasteiger partial charge in [0.05, 0.1) is 26.2 Å². The molecule has 0 spiro atoms. The molecule has 1 aliphatic rings. The van der Waals surface area contributed by atoms with Gasteiger partial charge >= 0.3 is 5.97 Å². The zero-order valence-corrected chi connectivity index (χ0v) is 12.9. The molecule has 0 aromatic heterocycles. The third kappa shape index (κ3) is 4.18. The first-order valence-corrected chi connectivity index (χ1v) is 6.99. The lowest BCUT2D eigenvalue weighted by Crippen LogP contribution is -2.51. The minimum absolute atomic E-state index is 0.00119. The van der Waals surface area contributed by atoms with Gasteiger partial charge in [-0.25, -0.2) is 0 Å². The van der Waals surface area contributed by atoms with E-state index in [1.54, 1.807) is 4.90 Å². The van der Waals surface area contributed by atoms with Crippen LogP contribution in [-0.4, -0.2) is 72.7 Å². The Hall–Kier alpha value is -1.14. The van der Waals surface area contributed by atoms with Crippen LogP contribution in [0.3, 0.4) is 0 Å². The van der Waals surface area contributed by atoms with Crippen molar-refractivity contribution in [3.8, 4) is 0 Å². The molecule has 0 unspecified atom stereocenters. The van der Waals surface area contributed by atoms with Gasteiger partial charge in [0.15, 0.2) is 0 Å². The number of esters is 1. The molecule has 1 saturated heterocycles. The van der Waals surface area contributed by atoms with Gasteiger partial charge in [-0.15, -0.1) is 0 Å². The van der Waals surface area contributed by atoms with E-state index in [0.29, 0.717) is 25.9 Å². The number of likely N-dealkylation sites (N-methyl/N-ethyl adjacent to an activating group) is 1. The molecule has 0 atom stereocenters. The van der Waals surface area contributed by atoms with E-state index in [1.165, 1.54) is 7.11 Å². The molecule has 0 radical (unpaired) electrons. The van der Waals surface area contributed by atoms with Gasteiger partial charge < -0.3 is 14.7 Å². The zero-order valence-electron chi connectivity index (χ0n) is 12.9. The average Bonchev–Trinajstić information content (AvgIpc) is 2.46. The predicted octanol–water partition coefficient (Wildman–Crippen LogP) is 0.101. The normalized spacial score (nSPS) is 17.4. The minimum atomic E-state index is -0.417. The van der Waals surface area contributed by atoms with Crippen molar-refractivity contribution in [3.05, 3.63) is 0 Å². The minimum Gasteiger partial charge on any atom is -0.469 e. The molecule has 0 aromatic carbocycles. The first-order valence-electron chi connectivity index (χ1n) is 6.99. The molecule has 0 aliphatic carbocycles. The number of ether oxygens (including phenoxy) is 1. The number of carbonyl (C=O) groups excluding carboxylic acids is 2. The monoisotopic (exact) mass is 286 g/mol. The van der Waals surface area contributed by atoms with Crippen molar-refractivity contribution < 1.29 is 19.4 Å². The Morgan fingerprint density at radius 2 is 1.90 bits per heavy atom. The summed E-state index contributed by atoms with van der Waals surface area (Å²) in [5, 5.41) is 9.29. The van der Waals surface area contributed by atoms with Crippen LogP contribution in [0.25, 0.3) is 0 Å². The molecule has 1 amide bonds. The van der Waals surface area contributed by atoms with E-state index >= 15 is 0 Å². The maximum atomic E-state index is 12.2. The third-order valence-corrected chi connectivity index (χ3v) is 4.17. The fourth-order valence-corrected chi connectivity index (χ4v) is 2.17. The molecule has 1 aliphatic heterocycles. The van der Waals surface area contributed by atoms with Gasteiger partial charge in [-0.05, 0) is 33.7 Å². The Kier molecular flexibility index (Phi) is 5.95. The Morgan fingerprint density at radius 1 is 1.35 bits per heavy atom. The summed E-state index contributed by atoms with van der Waals surface area (Å²) in [5.74, 6) is -0.233. The highest BCUT2D eigenvalue weighted by atomic mass is 16.5. The van der Waals surface area contributed by atoms with Crippen molar-refractivity contribution in [2.75, 3.05) is 40.4 Å². The molecule has 116 valence electrons. The molecule has 20 heavy (non-hydrogen) atoms. The molecule has 6 heteroatoms. The SMILES string of the molecule is COC(=O)C1CCN(C(=O)CN(C)C(C)(C)CO)CC1. The molecule has 6 nitrogen and oxygen atoms in total. The van der Waals surface area contributed by atoms with Crippen molar-refractivity contribution >= 4 is 11.9 Å². The molecule has 1 fully saturated rings. The Labute approximate surface area is 120 Å². The maximum absolute atomic E-state index is 12.2. The summed E-state index contributed by atoms with van der Waals surface area (Å²) in [4.78, 5) is 27.3. The lowest BCUT2D eigenvalue weighted by Gasteiger charge is -2.36. The Morgan fingerprint density at radius 3 is 2.35 bits per heavy atom. The summed E-state index contributed by atoms with van der Waals surface area (Å²) in [6.45, 7) is 5.24. The summed E-state index contributed by atoms with van der Waals surface area (Å²) >= 11 is 0. The summed E-state index contributed by atoms with van der Waals surface area (Å²) in [6.07, 6.45) is 1.32. The number of likely N-dealkylation sites (tertiary alicyclic amines) is 1. The second-order valence-electron chi connectivity index (χ2n) is 6.00. The van der Waals surface area contributed by atoms with Crippen LogP contribution >= 0.6 is 0 Å². The van der Waals surface area contributed by atoms with E-state index in [1.807, 2.05) is 25.8 Å². The number of carbonyl (C=O) groups is 2. The number of nitrogens with zero attached hydrogens (tertiary/aromatic N) is 2. The van der Waals surface area contributed by atoms with E-state index in [4.69, 9.17) is 4.74 Å². The fourth-order valence-electron chi connectivity index (χ4n) is 2.17. The first-order chi connectivity index (χ1) is 9.31. The van der Waals surface area contributed by atoms with Gasteiger partial charge in [0, 0.05) is 18.6 Å². The van der Waals surface area contributed by atoms with Crippen LogP contribution < -0.4 is 0 Å². The van der Waals surface area contributed by atoms with E-state index in [9.17, 15) is 14.7 Å². The highest BCUT2D eigenvalue weighted by Crippen LogP contribution is 2.19. The van der Waals surface area contributed by atoms with Gasteiger partial charge in [0.2, 0.25) is 5.91 Å². The number of aliphatic hydroxyl groups is 1. The largest absolute Gasteiger partial charge is 0.469 e. The van der Waals surface area contributed by atoms with Crippen LogP contribution in [0.4, 0.5) is 0 Å². The van der Waals surface area contributed by atoms with Crippen molar-refractivity contribution in [2.45, 2.75) is 32.2 Å². The van der Waals surface area contributed by atoms with Gasteiger partial charge in [0.25, 0.3) is 0 Å². The van der Waals surface area contributed by atoms with Gasteiger partial charge in [0.1, 0.15) is 0 Å². The van der Waals surface area contributed by atoms with Crippen molar-refractivity contribution in [2.24, 2.45) is 5.92 Å². The van der Waals surface area contributed by atoms with Crippen LogP contribution in [0.5, 0.6) is 0 Å². The van der Waals surface area contributed by atoms with Crippen LogP contribution in [0.15, 0.2) is 0 Å². The second kappa shape index (κ2) is 7.04. The Balaban J connectivity index is 2.45. The van der Waals surface area contributed by atoms with Crippen LogP contribution in [0.1, 0.15) is 26.7 Å². The molecule has 0 aromatic rings. The number of methoxy groups -OCH3 is 1. The lowest BCUT2D eigenvalue weighted by atomic mass is 9.97. The number of amides is 1. The second-order valence-corrected chi connectivity index (χ2v) is 6.00. The third-order valence-electron chi connectivity index (χ3n) is 4.17. The van der Waals surface area contributed by atoms with Gasteiger partial charge in [-0.2, -0.15) is 0 Å². The highest BCUT2D eigenvalue weighted by molar-refractivity contribution is 5.79. The molecule has 1 rings (SSSR count). The van der Waals surface area contributed by atoms with Crippen molar-refractivity contribution in [1.82, 2.24) is 9.80 Å². The summed E-state index contributed by atoms with van der Waals surface area (Å²) in [6, 6.07) is 0. The number of hydrogen-bond acceptors (Lipinski definition) is 5. The summed E-state index contributed by atoms with van der Waals surface area (Å²) in [5.41, 5.74) is -0.417. The zero-order chi connectivity index (χ0) is 15.3. The first kappa shape index (κ1) is 16.9. The predicted molar refractivity (Wildman–Crippen MR) is 75.1 cm³/mol. The Bertz CT molecular complexity index is 349. The molecule has 1 N–H and O–H groups in total. The van der Waals surface area contributed by atoms with Crippen LogP contribution in [0.2, 0.25) is 0 Å². The van der Waals surface area contributed by atoms with Gasteiger partial charge in [-0.3, -0.25) is 14.5 Å². The fraction of sp³-hybridized carbons (Fsp3) is 0.857. The summed E-state index contributed by atoms with van der Waals surface area (Å²) in [7, 11) is 3.22. The molecular weight excluding hydrogens is 260 g/mol.